The van der Waals surface area contributed by atoms with Gasteiger partial charge in [-0.05, 0) is 31.5 Å². The van der Waals surface area contributed by atoms with Gasteiger partial charge in [0.05, 0.1) is 19.3 Å². The summed E-state index contributed by atoms with van der Waals surface area (Å²) in [6.45, 7) is 8.12. The minimum absolute atomic E-state index is 0.00847. The van der Waals surface area contributed by atoms with Gasteiger partial charge in [-0.1, -0.05) is 47.5 Å². The van der Waals surface area contributed by atoms with Gasteiger partial charge in [0, 0.05) is 19.6 Å². The van der Waals surface area contributed by atoms with Gasteiger partial charge in [-0.15, -0.1) is 0 Å². The van der Waals surface area contributed by atoms with Crippen molar-refractivity contribution in [3.63, 3.8) is 0 Å². The number of carbonyl (C=O) groups excluding carboxylic acids is 1. The SMILES string of the molecule is Cc1ccc(OCC(=O)N[C@H](CN2CCOCC2)c2ccc(C)cc2)cc1. The van der Waals surface area contributed by atoms with Crippen molar-refractivity contribution in [1.29, 1.82) is 0 Å². The molecule has 144 valence electrons. The third-order valence-corrected chi connectivity index (χ3v) is 4.75. The number of hydrogen-bond acceptors (Lipinski definition) is 4. The van der Waals surface area contributed by atoms with Gasteiger partial charge in [0.25, 0.3) is 5.91 Å². The first-order valence-corrected chi connectivity index (χ1v) is 9.45. The Morgan fingerprint density at radius 2 is 1.63 bits per heavy atom. The molecule has 1 saturated heterocycles. The zero-order chi connectivity index (χ0) is 19.1. The summed E-state index contributed by atoms with van der Waals surface area (Å²) in [5.41, 5.74) is 3.48. The second-order valence-electron chi connectivity index (χ2n) is 7.05. The van der Waals surface area contributed by atoms with Crippen molar-refractivity contribution in [2.24, 2.45) is 0 Å². The maximum atomic E-state index is 12.5. The summed E-state index contributed by atoms with van der Waals surface area (Å²) in [5, 5.41) is 3.14. The maximum Gasteiger partial charge on any atom is 0.258 e. The monoisotopic (exact) mass is 368 g/mol. The topological polar surface area (TPSA) is 50.8 Å². The minimum Gasteiger partial charge on any atom is -0.484 e. The highest BCUT2D eigenvalue weighted by Gasteiger charge is 2.20. The molecule has 1 atom stereocenters. The van der Waals surface area contributed by atoms with Crippen LogP contribution in [0.3, 0.4) is 0 Å². The quantitative estimate of drug-likeness (QED) is 0.817. The molecule has 1 N–H and O–H groups in total. The van der Waals surface area contributed by atoms with Crippen molar-refractivity contribution in [3.05, 3.63) is 65.2 Å². The number of ether oxygens (including phenoxy) is 2. The molecule has 0 unspecified atom stereocenters. The smallest absolute Gasteiger partial charge is 0.258 e. The Bertz CT molecular complexity index is 722. The van der Waals surface area contributed by atoms with Crippen LogP contribution in [0.2, 0.25) is 0 Å². The van der Waals surface area contributed by atoms with E-state index in [1.165, 1.54) is 5.56 Å². The molecule has 27 heavy (non-hydrogen) atoms. The van der Waals surface area contributed by atoms with Crippen molar-refractivity contribution in [3.8, 4) is 5.75 Å². The zero-order valence-electron chi connectivity index (χ0n) is 16.1. The van der Waals surface area contributed by atoms with E-state index in [1.54, 1.807) is 0 Å². The van der Waals surface area contributed by atoms with Crippen LogP contribution in [0.25, 0.3) is 0 Å². The number of carbonyl (C=O) groups is 1. The Morgan fingerprint density at radius 3 is 2.26 bits per heavy atom. The van der Waals surface area contributed by atoms with Gasteiger partial charge in [-0.3, -0.25) is 9.69 Å². The summed E-state index contributed by atoms with van der Waals surface area (Å²) < 4.78 is 11.1. The van der Waals surface area contributed by atoms with Crippen LogP contribution >= 0.6 is 0 Å². The molecule has 1 aliphatic rings. The molecule has 5 heteroatoms. The van der Waals surface area contributed by atoms with Crippen molar-refractivity contribution in [2.45, 2.75) is 19.9 Å². The van der Waals surface area contributed by atoms with Crippen molar-refractivity contribution in [1.82, 2.24) is 10.2 Å². The second kappa shape index (κ2) is 9.53. The zero-order valence-corrected chi connectivity index (χ0v) is 16.1. The fraction of sp³-hybridized carbons (Fsp3) is 0.409. The predicted molar refractivity (Wildman–Crippen MR) is 106 cm³/mol. The number of hydrogen-bond donors (Lipinski definition) is 1. The van der Waals surface area contributed by atoms with E-state index in [0.717, 1.165) is 44.0 Å². The van der Waals surface area contributed by atoms with E-state index in [2.05, 4.69) is 41.4 Å². The van der Waals surface area contributed by atoms with Gasteiger partial charge in [-0.2, -0.15) is 0 Å². The first kappa shape index (κ1) is 19.4. The summed E-state index contributed by atoms with van der Waals surface area (Å²) in [5.74, 6) is 0.588. The number of benzene rings is 2. The number of aryl methyl sites for hydroxylation is 2. The molecular formula is C22H28N2O3. The lowest BCUT2D eigenvalue weighted by atomic mass is 10.0. The molecule has 5 nitrogen and oxygen atoms in total. The van der Waals surface area contributed by atoms with Crippen LogP contribution in [0, 0.1) is 13.8 Å². The average molecular weight is 368 g/mol. The van der Waals surface area contributed by atoms with Crippen LogP contribution in [-0.2, 0) is 9.53 Å². The summed E-state index contributed by atoms with van der Waals surface area (Å²) in [4.78, 5) is 14.8. The Labute approximate surface area is 161 Å². The number of amides is 1. The molecular weight excluding hydrogens is 340 g/mol. The van der Waals surface area contributed by atoms with Crippen LogP contribution in [0.15, 0.2) is 48.5 Å². The molecule has 1 aliphatic heterocycles. The van der Waals surface area contributed by atoms with E-state index in [0.29, 0.717) is 5.75 Å². The number of rotatable bonds is 7. The lowest BCUT2D eigenvalue weighted by Crippen LogP contribution is -2.44. The first-order chi connectivity index (χ1) is 13.1. The molecule has 1 heterocycles. The molecule has 2 aromatic rings. The van der Waals surface area contributed by atoms with Gasteiger partial charge < -0.3 is 14.8 Å². The summed E-state index contributed by atoms with van der Waals surface area (Å²) in [6.07, 6.45) is 0. The molecule has 0 radical (unpaired) electrons. The minimum atomic E-state index is -0.116. The fourth-order valence-corrected chi connectivity index (χ4v) is 3.09. The Kier molecular flexibility index (Phi) is 6.85. The van der Waals surface area contributed by atoms with Crippen molar-refractivity contribution in [2.75, 3.05) is 39.5 Å². The van der Waals surface area contributed by atoms with Gasteiger partial charge >= 0.3 is 0 Å². The van der Waals surface area contributed by atoms with Gasteiger partial charge in [0.15, 0.2) is 6.61 Å². The molecule has 2 aromatic carbocycles. The Hall–Kier alpha value is -2.37. The molecule has 1 amide bonds. The third kappa shape index (κ3) is 6.08. The first-order valence-electron chi connectivity index (χ1n) is 9.45. The Morgan fingerprint density at radius 1 is 1.04 bits per heavy atom. The highest BCUT2D eigenvalue weighted by Crippen LogP contribution is 2.17. The molecule has 0 spiro atoms. The van der Waals surface area contributed by atoms with E-state index in [9.17, 15) is 4.79 Å². The van der Waals surface area contributed by atoms with Crippen LogP contribution in [0.1, 0.15) is 22.7 Å². The van der Waals surface area contributed by atoms with Gasteiger partial charge in [0.2, 0.25) is 0 Å². The second-order valence-corrected chi connectivity index (χ2v) is 7.05. The fourth-order valence-electron chi connectivity index (χ4n) is 3.09. The molecule has 3 rings (SSSR count). The third-order valence-electron chi connectivity index (χ3n) is 4.75. The normalized spacial score (nSPS) is 15.9. The largest absolute Gasteiger partial charge is 0.484 e. The van der Waals surface area contributed by atoms with Gasteiger partial charge in [0.1, 0.15) is 5.75 Å². The van der Waals surface area contributed by atoms with Crippen LogP contribution in [0.5, 0.6) is 5.75 Å². The van der Waals surface area contributed by atoms with E-state index >= 15 is 0 Å². The summed E-state index contributed by atoms with van der Waals surface area (Å²) in [7, 11) is 0. The van der Waals surface area contributed by atoms with Crippen molar-refractivity contribution >= 4 is 5.91 Å². The summed E-state index contributed by atoms with van der Waals surface area (Å²) in [6, 6.07) is 16.0. The van der Waals surface area contributed by atoms with Crippen LogP contribution < -0.4 is 10.1 Å². The van der Waals surface area contributed by atoms with Crippen molar-refractivity contribution < 1.29 is 14.3 Å². The van der Waals surface area contributed by atoms with E-state index in [-0.39, 0.29) is 18.6 Å². The lowest BCUT2D eigenvalue weighted by molar-refractivity contribution is -0.124. The summed E-state index contributed by atoms with van der Waals surface area (Å²) >= 11 is 0. The molecule has 0 aromatic heterocycles. The highest BCUT2D eigenvalue weighted by atomic mass is 16.5. The van der Waals surface area contributed by atoms with E-state index in [1.807, 2.05) is 31.2 Å². The average Bonchev–Trinajstić information content (AvgIpc) is 2.68. The maximum absolute atomic E-state index is 12.5. The Balaban J connectivity index is 1.61. The number of nitrogens with one attached hydrogen (secondary N) is 1. The standard InChI is InChI=1S/C22H28N2O3/c1-17-3-7-19(8-4-17)21(15-24-11-13-26-14-12-24)23-22(25)16-27-20-9-5-18(2)6-10-20/h3-10,21H,11-16H2,1-2H3,(H,23,25)/t21-/m1/s1. The molecule has 0 saturated carbocycles. The number of morpholine rings is 1. The van der Waals surface area contributed by atoms with E-state index < -0.39 is 0 Å². The molecule has 0 bridgehead atoms. The molecule has 1 fully saturated rings. The van der Waals surface area contributed by atoms with Crippen LogP contribution in [0.4, 0.5) is 0 Å². The lowest BCUT2D eigenvalue weighted by Gasteiger charge is -2.31. The van der Waals surface area contributed by atoms with Crippen LogP contribution in [-0.4, -0.2) is 50.3 Å². The molecule has 0 aliphatic carbocycles. The predicted octanol–water partition coefficient (Wildman–Crippen LogP) is 2.87. The highest BCUT2D eigenvalue weighted by molar-refractivity contribution is 5.78. The number of nitrogens with zero attached hydrogens (tertiary/aromatic N) is 1. The van der Waals surface area contributed by atoms with E-state index in [4.69, 9.17) is 9.47 Å². The van der Waals surface area contributed by atoms with Gasteiger partial charge in [-0.25, -0.2) is 0 Å².